The highest BCUT2D eigenvalue weighted by Gasteiger charge is 2.19. The normalized spacial score (nSPS) is 12.8. The Morgan fingerprint density at radius 3 is 0.816 bits per heavy atom. The third-order valence-electron chi connectivity index (χ3n) is 13.5. The molecule has 0 saturated heterocycles. The molecule has 0 bridgehead atoms. The Labute approximate surface area is 470 Å². The minimum Gasteiger partial charge on any atom is -0.462 e. The Morgan fingerprint density at radius 1 is 0.276 bits per heavy atom. The standard InChI is InChI=1S/C70H118O6/c1-4-7-10-13-16-19-22-24-26-28-29-30-31-32-33-34-35-36-37-38-39-40-41-43-44-46-48-51-54-57-60-63-69(72)75-66-67(65-74-68(71)62-59-56-53-50-21-18-15-12-9-6-3)76-70(73)64-61-58-55-52-49-47-45-42-27-25-23-20-17-14-11-8-5-2/h7,10,16,19,24-27,29-30,32-33,35-36,38-39,41,43,67H,4-6,8-9,11-15,17-18,20-23,28,31,34,37,40,42,44-66H2,1-3H3/b10-7-,19-16-,26-24-,27-25-,30-29-,33-32-,36-35-,39-38-,43-41-. The molecule has 0 aliphatic rings. The maximum atomic E-state index is 12.9. The van der Waals surface area contributed by atoms with Gasteiger partial charge < -0.3 is 14.2 Å². The van der Waals surface area contributed by atoms with Gasteiger partial charge in [-0.15, -0.1) is 0 Å². The summed E-state index contributed by atoms with van der Waals surface area (Å²) in [5, 5.41) is 0. The molecule has 0 spiro atoms. The van der Waals surface area contributed by atoms with E-state index in [1.165, 1.54) is 135 Å². The van der Waals surface area contributed by atoms with Crippen LogP contribution in [-0.4, -0.2) is 37.2 Å². The highest BCUT2D eigenvalue weighted by Crippen LogP contribution is 2.15. The zero-order valence-corrected chi connectivity index (χ0v) is 49.7. The highest BCUT2D eigenvalue weighted by atomic mass is 16.6. The molecule has 0 radical (unpaired) electrons. The molecule has 6 nitrogen and oxygen atoms in total. The van der Waals surface area contributed by atoms with Crippen LogP contribution in [0.25, 0.3) is 0 Å². The molecule has 0 N–H and O–H groups in total. The van der Waals surface area contributed by atoms with E-state index in [-0.39, 0.29) is 31.1 Å². The summed E-state index contributed by atoms with van der Waals surface area (Å²) in [7, 11) is 0. The summed E-state index contributed by atoms with van der Waals surface area (Å²) in [5.41, 5.74) is 0. The van der Waals surface area contributed by atoms with Gasteiger partial charge in [-0.1, -0.05) is 278 Å². The molecule has 0 aliphatic heterocycles. The fourth-order valence-electron chi connectivity index (χ4n) is 8.75. The van der Waals surface area contributed by atoms with Crippen molar-refractivity contribution in [2.75, 3.05) is 13.2 Å². The molecule has 0 aliphatic carbocycles. The van der Waals surface area contributed by atoms with Crippen LogP contribution in [-0.2, 0) is 28.6 Å². The molecule has 0 rings (SSSR count). The number of hydrogen-bond donors (Lipinski definition) is 0. The first-order valence-corrected chi connectivity index (χ1v) is 31.9. The highest BCUT2D eigenvalue weighted by molar-refractivity contribution is 5.71. The van der Waals surface area contributed by atoms with E-state index in [0.29, 0.717) is 19.3 Å². The van der Waals surface area contributed by atoms with Crippen molar-refractivity contribution in [2.45, 2.75) is 303 Å². The van der Waals surface area contributed by atoms with Gasteiger partial charge in [-0.3, -0.25) is 14.4 Å². The molecule has 0 aromatic heterocycles. The molecule has 0 fully saturated rings. The maximum absolute atomic E-state index is 12.9. The lowest BCUT2D eigenvalue weighted by Gasteiger charge is -2.18. The molecule has 1 atom stereocenters. The summed E-state index contributed by atoms with van der Waals surface area (Å²) in [6.07, 6.45) is 86.7. The molecule has 434 valence electrons. The number of carbonyl (C=O) groups excluding carboxylic acids is 3. The predicted molar refractivity (Wildman–Crippen MR) is 330 cm³/mol. The molecule has 76 heavy (non-hydrogen) atoms. The van der Waals surface area contributed by atoms with E-state index in [4.69, 9.17) is 14.2 Å². The average molecular weight is 1060 g/mol. The van der Waals surface area contributed by atoms with Crippen LogP contribution in [0.2, 0.25) is 0 Å². The summed E-state index contributed by atoms with van der Waals surface area (Å²) in [5.74, 6) is -0.897. The number of allylic oxidation sites excluding steroid dienone is 18. The van der Waals surface area contributed by atoms with Gasteiger partial charge in [0.25, 0.3) is 0 Å². The molecular formula is C70H118O6. The molecule has 0 amide bonds. The van der Waals surface area contributed by atoms with E-state index in [1.54, 1.807) is 0 Å². The van der Waals surface area contributed by atoms with Crippen LogP contribution in [0.1, 0.15) is 297 Å². The number of unbranched alkanes of at least 4 members (excludes halogenated alkanes) is 28. The summed E-state index contributed by atoms with van der Waals surface area (Å²) >= 11 is 0. The third kappa shape index (κ3) is 60.9. The van der Waals surface area contributed by atoms with E-state index in [2.05, 4.69) is 130 Å². The summed E-state index contributed by atoms with van der Waals surface area (Å²) < 4.78 is 16.9. The van der Waals surface area contributed by atoms with Crippen LogP contribution in [0.3, 0.4) is 0 Å². The van der Waals surface area contributed by atoms with Crippen molar-refractivity contribution in [3.8, 4) is 0 Å². The summed E-state index contributed by atoms with van der Waals surface area (Å²) in [6.45, 7) is 6.51. The van der Waals surface area contributed by atoms with Crippen molar-refractivity contribution in [3.63, 3.8) is 0 Å². The summed E-state index contributed by atoms with van der Waals surface area (Å²) in [4.78, 5) is 38.2. The van der Waals surface area contributed by atoms with Crippen LogP contribution in [0, 0.1) is 0 Å². The van der Waals surface area contributed by atoms with Gasteiger partial charge in [0.2, 0.25) is 0 Å². The van der Waals surface area contributed by atoms with Crippen molar-refractivity contribution in [1.29, 1.82) is 0 Å². The summed E-state index contributed by atoms with van der Waals surface area (Å²) in [6, 6.07) is 0. The Hall–Kier alpha value is -3.93. The molecule has 0 saturated carbocycles. The molecule has 0 aromatic carbocycles. The Morgan fingerprint density at radius 2 is 0.513 bits per heavy atom. The van der Waals surface area contributed by atoms with Gasteiger partial charge >= 0.3 is 17.9 Å². The quantitative estimate of drug-likeness (QED) is 0.0261. The number of ether oxygens (including phenoxy) is 3. The van der Waals surface area contributed by atoms with E-state index >= 15 is 0 Å². The Bertz CT molecular complexity index is 1540. The minimum atomic E-state index is -0.786. The first-order chi connectivity index (χ1) is 37.5. The van der Waals surface area contributed by atoms with Gasteiger partial charge in [0, 0.05) is 19.3 Å². The monoisotopic (exact) mass is 1050 g/mol. The van der Waals surface area contributed by atoms with Crippen LogP contribution < -0.4 is 0 Å². The van der Waals surface area contributed by atoms with Gasteiger partial charge in [-0.25, -0.2) is 0 Å². The van der Waals surface area contributed by atoms with Gasteiger partial charge in [0.15, 0.2) is 6.10 Å². The molecular weight excluding hydrogens is 937 g/mol. The molecule has 1 unspecified atom stereocenters. The SMILES string of the molecule is CC/C=C\C/C=C\C/C=C\C/C=C\C/C=C\C/C=C\C/C=C\C/C=C\CCCCCCCCC(=O)OCC(COC(=O)CCCCCCCCCCCC)OC(=O)CCCCCCCCC/C=C\CCCCCCCC. The van der Waals surface area contributed by atoms with E-state index in [0.717, 1.165) is 122 Å². The zero-order valence-electron chi connectivity index (χ0n) is 49.7. The van der Waals surface area contributed by atoms with E-state index in [9.17, 15) is 14.4 Å². The zero-order chi connectivity index (χ0) is 55.0. The van der Waals surface area contributed by atoms with Gasteiger partial charge in [0.1, 0.15) is 13.2 Å². The van der Waals surface area contributed by atoms with Crippen molar-refractivity contribution >= 4 is 17.9 Å². The van der Waals surface area contributed by atoms with Gasteiger partial charge in [0.05, 0.1) is 0 Å². The van der Waals surface area contributed by atoms with E-state index < -0.39 is 6.10 Å². The molecule has 6 heteroatoms. The minimum absolute atomic E-state index is 0.0825. The number of esters is 3. The Kier molecular flexibility index (Phi) is 60.3. The predicted octanol–water partition coefficient (Wildman–Crippen LogP) is 21.8. The van der Waals surface area contributed by atoms with Crippen molar-refractivity contribution in [2.24, 2.45) is 0 Å². The van der Waals surface area contributed by atoms with Gasteiger partial charge in [-0.05, 0) is 109 Å². The lowest BCUT2D eigenvalue weighted by molar-refractivity contribution is -0.167. The van der Waals surface area contributed by atoms with Crippen LogP contribution >= 0.6 is 0 Å². The lowest BCUT2D eigenvalue weighted by Crippen LogP contribution is -2.30. The average Bonchev–Trinajstić information content (AvgIpc) is 3.42. The lowest BCUT2D eigenvalue weighted by atomic mass is 10.1. The maximum Gasteiger partial charge on any atom is 0.306 e. The first kappa shape index (κ1) is 72.1. The first-order valence-electron chi connectivity index (χ1n) is 31.9. The second kappa shape index (κ2) is 63.6. The van der Waals surface area contributed by atoms with Crippen LogP contribution in [0.5, 0.6) is 0 Å². The third-order valence-corrected chi connectivity index (χ3v) is 13.5. The second-order valence-electron chi connectivity index (χ2n) is 20.9. The topological polar surface area (TPSA) is 78.9 Å². The second-order valence-corrected chi connectivity index (χ2v) is 20.9. The number of rotatable bonds is 57. The van der Waals surface area contributed by atoms with Crippen molar-refractivity contribution in [1.82, 2.24) is 0 Å². The molecule has 0 aromatic rings. The van der Waals surface area contributed by atoms with Crippen molar-refractivity contribution in [3.05, 3.63) is 109 Å². The van der Waals surface area contributed by atoms with Crippen LogP contribution in [0.4, 0.5) is 0 Å². The van der Waals surface area contributed by atoms with Crippen LogP contribution in [0.15, 0.2) is 109 Å². The largest absolute Gasteiger partial charge is 0.462 e. The Balaban J connectivity index is 4.27. The number of hydrogen-bond acceptors (Lipinski definition) is 6. The molecule has 0 heterocycles. The number of carbonyl (C=O) groups is 3. The fourth-order valence-corrected chi connectivity index (χ4v) is 8.75. The van der Waals surface area contributed by atoms with Crippen molar-refractivity contribution < 1.29 is 28.6 Å². The van der Waals surface area contributed by atoms with Gasteiger partial charge in [-0.2, -0.15) is 0 Å². The smallest absolute Gasteiger partial charge is 0.306 e. The fraction of sp³-hybridized carbons (Fsp3) is 0.700. The van der Waals surface area contributed by atoms with E-state index in [1.807, 2.05) is 0 Å².